The molecule has 3 unspecified atom stereocenters. The van der Waals surface area contributed by atoms with Crippen LogP contribution in [-0.2, 0) is 16.4 Å². The van der Waals surface area contributed by atoms with Gasteiger partial charge in [0.05, 0.1) is 47.7 Å². The maximum absolute atomic E-state index is 14.5. The summed E-state index contributed by atoms with van der Waals surface area (Å²) in [6.45, 7) is 1.11. The van der Waals surface area contributed by atoms with Gasteiger partial charge in [-0.25, -0.2) is 17.8 Å². The number of nitrogens with one attached hydrogen (secondary N) is 3. The van der Waals surface area contributed by atoms with E-state index >= 15 is 0 Å². The third-order valence-corrected chi connectivity index (χ3v) is 7.74. The van der Waals surface area contributed by atoms with E-state index < -0.39 is 40.7 Å². The van der Waals surface area contributed by atoms with Gasteiger partial charge in [-0.05, 0) is 36.7 Å². The van der Waals surface area contributed by atoms with Gasteiger partial charge in [-0.1, -0.05) is 18.8 Å². The number of hydrogen-bond acceptors (Lipinski definition) is 7. The summed E-state index contributed by atoms with van der Waals surface area (Å²) in [7, 11) is -2.05. The summed E-state index contributed by atoms with van der Waals surface area (Å²) in [5.41, 5.74) is 0.813. The summed E-state index contributed by atoms with van der Waals surface area (Å²) >= 11 is 0. The average Bonchev–Trinajstić information content (AvgIpc) is 3.28. The van der Waals surface area contributed by atoms with Crippen molar-refractivity contribution in [1.82, 2.24) is 20.2 Å². The second-order valence-corrected chi connectivity index (χ2v) is 11.8. The molecule has 1 fully saturated rings. The number of benzene rings is 2. The lowest BCUT2D eigenvalue weighted by Crippen LogP contribution is -2.55. The number of ether oxygens (including phenoxy) is 1. The van der Waals surface area contributed by atoms with E-state index in [9.17, 15) is 30.8 Å². The standard InChI is InChI=1S/C27H29F4N5O4S/c1-16-12-32-13-20(28)24(16)35-26(37)19-9-17(10-22-25(19)34-15-36(22)14-27(29,30)31)5-4-8-33-21-7-6-18(41(3,38)39)11-23(21)40-2/h6-7,9-11,15-16,20,24,32-33H,8,12-14H2,1-3H3,(H,35,37). The van der Waals surface area contributed by atoms with Crippen LogP contribution in [0.5, 0.6) is 5.75 Å². The van der Waals surface area contributed by atoms with Gasteiger partial charge in [-0.15, -0.1) is 0 Å². The van der Waals surface area contributed by atoms with Crippen LogP contribution >= 0.6 is 0 Å². The number of imidazole rings is 1. The topological polar surface area (TPSA) is 114 Å². The van der Waals surface area contributed by atoms with E-state index in [4.69, 9.17) is 4.74 Å². The zero-order valence-electron chi connectivity index (χ0n) is 22.5. The number of carbonyl (C=O) groups is 1. The van der Waals surface area contributed by atoms with Gasteiger partial charge in [0, 0.05) is 24.4 Å². The minimum Gasteiger partial charge on any atom is -0.495 e. The number of methoxy groups -OCH3 is 1. The molecule has 0 saturated carbocycles. The summed E-state index contributed by atoms with van der Waals surface area (Å²) in [6, 6.07) is 6.36. The largest absolute Gasteiger partial charge is 0.495 e. The van der Waals surface area contributed by atoms with Gasteiger partial charge in [0.2, 0.25) is 0 Å². The number of anilines is 1. The van der Waals surface area contributed by atoms with Crippen molar-refractivity contribution in [2.75, 3.05) is 38.3 Å². The number of nitrogens with zero attached hydrogens (tertiary/aromatic N) is 2. The summed E-state index contributed by atoms with van der Waals surface area (Å²) in [4.78, 5) is 17.4. The van der Waals surface area contributed by atoms with Gasteiger partial charge in [-0.2, -0.15) is 13.2 Å². The second-order valence-electron chi connectivity index (χ2n) is 9.82. The smallest absolute Gasteiger partial charge is 0.406 e. The molecule has 2 aromatic carbocycles. The molecule has 2 heterocycles. The monoisotopic (exact) mass is 595 g/mol. The fraction of sp³-hybridized carbons (Fsp3) is 0.407. The molecule has 1 aromatic heterocycles. The third-order valence-electron chi connectivity index (χ3n) is 6.63. The summed E-state index contributed by atoms with van der Waals surface area (Å²) in [5.74, 6) is 5.10. The Hall–Kier alpha value is -3.83. The Morgan fingerprint density at radius 1 is 1.24 bits per heavy atom. The lowest BCUT2D eigenvalue weighted by Gasteiger charge is -2.33. The Balaban J connectivity index is 1.63. The van der Waals surface area contributed by atoms with Crippen molar-refractivity contribution in [3.05, 3.63) is 47.8 Å². The zero-order valence-corrected chi connectivity index (χ0v) is 23.3. The van der Waals surface area contributed by atoms with E-state index in [2.05, 4.69) is 32.8 Å². The number of piperidine rings is 1. The molecular weight excluding hydrogens is 566 g/mol. The van der Waals surface area contributed by atoms with Crippen LogP contribution in [0.25, 0.3) is 11.0 Å². The van der Waals surface area contributed by atoms with Crippen molar-refractivity contribution < 1.29 is 35.5 Å². The van der Waals surface area contributed by atoms with Crippen LogP contribution in [0.4, 0.5) is 23.2 Å². The van der Waals surface area contributed by atoms with Crippen LogP contribution in [-0.4, -0.2) is 75.3 Å². The molecule has 9 nitrogen and oxygen atoms in total. The SMILES string of the molecule is COc1cc(S(C)(=O)=O)ccc1NCC#Cc1cc(C(=O)NC2C(C)CNCC2F)c2ncn(CC(F)(F)F)c2c1. The van der Waals surface area contributed by atoms with E-state index in [1.54, 1.807) is 6.92 Å². The van der Waals surface area contributed by atoms with E-state index in [0.717, 1.165) is 17.2 Å². The molecule has 3 N–H and O–H groups in total. The minimum absolute atomic E-state index is 0.0170. The van der Waals surface area contributed by atoms with Gasteiger partial charge in [0.25, 0.3) is 5.91 Å². The molecule has 1 aliphatic heterocycles. The zero-order chi connectivity index (χ0) is 29.9. The predicted molar refractivity (Wildman–Crippen MR) is 145 cm³/mol. The lowest BCUT2D eigenvalue weighted by atomic mass is 9.93. The predicted octanol–water partition coefficient (Wildman–Crippen LogP) is 3.15. The molecule has 41 heavy (non-hydrogen) atoms. The number of alkyl halides is 4. The first-order chi connectivity index (χ1) is 19.3. The molecule has 0 spiro atoms. The molecular formula is C27H29F4N5O4S. The number of fused-ring (bicyclic) bond motifs is 1. The van der Waals surface area contributed by atoms with Gasteiger partial charge < -0.3 is 25.3 Å². The van der Waals surface area contributed by atoms with E-state index in [1.807, 2.05) is 0 Å². The fourth-order valence-electron chi connectivity index (χ4n) is 4.58. The molecule has 1 amide bonds. The van der Waals surface area contributed by atoms with Gasteiger partial charge in [0.15, 0.2) is 9.84 Å². The van der Waals surface area contributed by atoms with Crippen molar-refractivity contribution >= 4 is 32.5 Å². The highest BCUT2D eigenvalue weighted by atomic mass is 32.2. The van der Waals surface area contributed by atoms with Crippen LogP contribution in [0.3, 0.4) is 0 Å². The van der Waals surface area contributed by atoms with E-state index in [0.29, 0.717) is 12.2 Å². The number of rotatable bonds is 7. The number of aromatic nitrogens is 2. The Morgan fingerprint density at radius 2 is 2.00 bits per heavy atom. The number of sulfone groups is 1. The summed E-state index contributed by atoms with van der Waals surface area (Å²) in [6.07, 6.45) is -3.78. The molecule has 220 valence electrons. The summed E-state index contributed by atoms with van der Waals surface area (Å²) in [5, 5.41) is 8.63. The quantitative estimate of drug-likeness (QED) is 0.284. The van der Waals surface area contributed by atoms with E-state index in [-0.39, 0.29) is 51.8 Å². The number of halogens is 4. The first-order valence-electron chi connectivity index (χ1n) is 12.6. The van der Waals surface area contributed by atoms with Crippen LogP contribution < -0.4 is 20.7 Å². The average molecular weight is 596 g/mol. The Labute approximate surface area is 234 Å². The van der Waals surface area contributed by atoms with Crippen molar-refractivity contribution in [1.29, 1.82) is 0 Å². The fourth-order valence-corrected chi connectivity index (χ4v) is 5.22. The number of hydrogen-bond donors (Lipinski definition) is 3. The van der Waals surface area contributed by atoms with Gasteiger partial charge in [-0.3, -0.25) is 4.79 Å². The maximum Gasteiger partial charge on any atom is 0.406 e. The Kier molecular flexibility index (Phi) is 8.79. The maximum atomic E-state index is 14.5. The highest BCUT2D eigenvalue weighted by molar-refractivity contribution is 7.90. The first-order valence-corrected chi connectivity index (χ1v) is 14.5. The molecule has 4 rings (SSSR count). The number of carbonyl (C=O) groups excluding carboxylic acids is 1. The van der Waals surface area contributed by atoms with Crippen LogP contribution in [0.1, 0.15) is 22.8 Å². The molecule has 0 radical (unpaired) electrons. The Bertz CT molecular complexity index is 1600. The molecule has 0 bridgehead atoms. The van der Waals surface area contributed by atoms with Crippen LogP contribution in [0.2, 0.25) is 0 Å². The minimum atomic E-state index is -4.53. The highest BCUT2D eigenvalue weighted by Crippen LogP contribution is 2.28. The Morgan fingerprint density at radius 3 is 2.66 bits per heavy atom. The second kappa shape index (κ2) is 12.0. The molecule has 1 aliphatic rings. The normalized spacial score (nSPS) is 19.3. The van der Waals surface area contributed by atoms with Crippen LogP contribution in [0, 0.1) is 17.8 Å². The molecule has 0 aliphatic carbocycles. The molecule has 3 atom stereocenters. The molecule has 1 saturated heterocycles. The third kappa shape index (κ3) is 7.28. The van der Waals surface area contributed by atoms with Crippen LogP contribution in [0.15, 0.2) is 41.6 Å². The van der Waals surface area contributed by atoms with Crippen molar-refractivity contribution in [2.45, 2.75) is 36.8 Å². The van der Waals surface area contributed by atoms with Crippen molar-refractivity contribution in [3.63, 3.8) is 0 Å². The molecule has 14 heteroatoms. The lowest BCUT2D eigenvalue weighted by molar-refractivity contribution is -0.139. The number of amides is 1. The first kappa shape index (κ1) is 30.1. The van der Waals surface area contributed by atoms with Crippen molar-refractivity contribution in [3.8, 4) is 17.6 Å². The van der Waals surface area contributed by atoms with Crippen molar-refractivity contribution in [2.24, 2.45) is 5.92 Å². The van der Waals surface area contributed by atoms with Gasteiger partial charge in [0.1, 0.15) is 24.0 Å². The summed E-state index contributed by atoms with van der Waals surface area (Å²) < 4.78 is 83.9. The highest BCUT2D eigenvalue weighted by Gasteiger charge is 2.33. The van der Waals surface area contributed by atoms with Gasteiger partial charge >= 0.3 is 6.18 Å². The van der Waals surface area contributed by atoms with E-state index in [1.165, 1.54) is 37.4 Å². The molecule has 3 aromatic rings.